The molecule has 0 N–H and O–H groups in total. The molecule has 5 nitrogen and oxygen atoms in total. The highest BCUT2D eigenvalue weighted by molar-refractivity contribution is 5.63. The number of benzene rings is 2. The molecule has 8 heteroatoms. The van der Waals surface area contributed by atoms with Crippen molar-refractivity contribution in [3.05, 3.63) is 70.0 Å². The monoisotopic (exact) mass is 481 g/mol. The van der Waals surface area contributed by atoms with Crippen LogP contribution in [0.5, 0.6) is 11.5 Å². The first-order valence-corrected chi connectivity index (χ1v) is 12.1. The fraction of sp³-hybridized carbons (Fsp3) is 0.444. The average Bonchev–Trinajstić information content (AvgIpc) is 3.35. The van der Waals surface area contributed by atoms with Crippen LogP contribution in [0.2, 0.25) is 0 Å². The summed E-state index contributed by atoms with van der Waals surface area (Å²) in [6.07, 6.45) is -1.75. The number of hydrogen-bond acceptors (Lipinski definition) is 4. The van der Waals surface area contributed by atoms with Crippen molar-refractivity contribution in [1.82, 2.24) is 14.7 Å². The minimum absolute atomic E-state index is 0.159. The lowest BCUT2D eigenvalue weighted by Gasteiger charge is -2.57. The number of piperidine rings is 1. The first kappa shape index (κ1) is 21.3. The summed E-state index contributed by atoms with van der Waals surface area (Å²) in [4.78, 5) is 2.48. The minimum Gasteiger partial charge on any atom is -0.493 e. The van der Waals surface area contributed by atoms with Crippen LogP contribution in [0.3, 0.4) is 0 Å². The van der Waals surface area contributed by atoms with Gasteiger partial charge in [0.05, 0.1) is 18.4 Å². The highest BCUT2D eigenvalue weighted by Gasteiger charge is 2.65. The topological polar surface area (TPSA) is 39.5 Å². The van der Waals surface area contributed by atoms with Crippen molar-refractivity contribution in [2.24, 2.45) is 5.92 Å². The Morgan fingerprint density at radius 2 is 1.89 bits per heavy atom. The Bertz CT molecular complexity index is 1360. The zero-order chi connectivity index (χ0) is 24.3. The van der Waals surface area contributed by atoms with Crippen LogP contribution in [-0.2, 0) is 24.4 Å². The van der Waals surface area contributed by atoms with Gasteiger partial charge >= 0.3 is 6.18 Å². The summed E-state index contributed by atoms with van der Waals surface area (Å²) in [5.74, 6) is 1.98. The normalized spacial score (nSPS) is 28.3. The summed E-state index contributed by atoms with van der Waals surface area (Å²) in [5, 5.41) is 5.00. The standard InChI is InChI=1S/C27H26F3N3O2/c1-14-18-13-19-20-12-15-4-9-21(34-3)24-22(15)26(19,10-11-32(20)2)25(35-24)23(18)31-33(14)17-7-5-16(6-8-17)27(28,29)30/h4-9,19-20,25H,10-13H2,1-3H3/t19-,20+,25-,26-/m0/s1. The van der Waals surface area contributed by atoms with E-state index in [4.69, 9.17) is 14.6 Å². The van der Waals surface area contributed by atoms with Crippen molar-refractivity contribution < 1.29 is 22.6 Å². The maximum absolute atomic E-state index is 13.1. The second-order valence-electron chi connectivity index (χ2n) is 10.4. The maximum atomic E-state index is 13.1. The molecule has 7 rings (SSSR count). The Labute approximate surface area is 201 Å². The second-order valence-corrected chi connectivity index (χ2v) is 10.4. The maximum Gasteiger partial charge on any atom is 0.416 e. The third kappa shape index (κ3) is 2.61. The molecule has 1 aromatic heterocycles. The van der Waals surface area contributed by atoms with Gasteiger partial charge in [0, 0.05) is 28.3 Å². The van der Waals surface area contributed by atoms with Crippen molar-refractivity contribution in [3.8, 4) is 17.2 Å². The lowest BCUT2D eigenvalue weighted by atomic mass is 9.51. The molecule has 35 heavy (non-hydrogen) atoms. The molecular formula is C27H26F3N3O2. The average molecular weight is 482 g/mol. The van der Waals surface area contributed by atoms with Gasteiger partial charge in [-0.25, -0.2) is 4.68 Å². The van der Waals surface area contributed by atoms with Crippen LogP contribution in [-0.4, -0.2) is 41.4 Å². The van der Waals surface area contributed by atoms with Crippen molar-refractivity contribution >= 4 is 0 Å². The molecule has 3 heterocycles. The van der Waals surface area contributed by atoms with E-state index in [1.807, 2.05) is 13.0 Å². The zero-order valence-corrected chi connectivity index (χ0v) is 19.8. The third-order valence-corrected chi connectivity index (χ3v) is 8.98. The van der Waals surface area contributed by atoms with Crippen molar-refractivity contribution in [1.29, 1.82) is 0 Å². The Morgan fingerprint density at radius 3 is 2.60 bits per heavy atom. The smallest absolute Gasteiger partial charge is 0.416 e. The number of likely N-dealkylation sites (N-methyl/N-ethyl adjacent to an activating group) is 1. The molecule has 0 radical (unpaired) electrons. The number of hydrogen-bond donors (Lipinski definition) is 0. The van der Waals surface area contributed by atoms with E-state index in [-0.39, 0.29) is 11.5 Å². The summed E-state index contributed by atoms with van der Waals surface area (Å²) in [6, 6.07) is 9.84. The van der Waals surface area contributed by atoms with E-state index < -0.39 is 11.7 Å². The van der Waals surface area contributed by atoms with Crippen LogP contribution in [0.4, 0.5) is 13.2 Å². The Kier molecular flexibility index (Phi) is 4.14. The highest BCUT2D eigenvalue weighted by atomic mass is 19.4. The van der Waals surface area contributed by atoms with Gasteiger partial charge in [0.1, 0.15) is 5.69 Å². The van der Waals surface area contributed by atoms with Crippen LogP contribution in [0.15, 0.2) is 36.4 Å². The summed E-state index contributed by atoms with van der Waals surface area (Å²) in [7, 11) is 3.89. The predicted molar refractivity (Wildman–Crippen MR) is 123 cm³/mol. The molecule has 4 aliphatic rings. The van der Waals surface area contributed by atoms with Gasteiger partial charge < -0.3 is 14.4 Å². The van der Waals surface area contributed by atoms with Crippen molar-refractivity contribution in [3.63, 3.8) is 0 Å². The molecule has 3 aromatic rings. The Hall–Kier alpha value is -3.00. The number of likely N-dealkylation sites (tertiary alicyclic amines) is 1. The van der Waals surface area contributed by atoms with E-state index in [1.165, 1.54) is 23.3 Å². The fourth-order valence-electron chi connectivity index (χ4n) is 7.34. The van der Waals surface area contributed by atoms with Crippen molar-refractivity contribution in [2.75, 3.05) is 20.7 Å². The van der Waals surface area contributed by atoms with Gasteiger partial charge in [0.2, 0.25) is 0 Å². The number of methoxy groups -OCH3 is 1. The summed E-state index contributed by atoms with van der Waals surface area (Å²) in [6.45, 7) is 3.00. The first-order valence-electron chi connectivity index (χ1n) is 12.1. The fourth-order valence-corrected chi connectivity index (χ4v) is 7.34. The molecule has 4 atom stereocenters. The molecule has 0 unspecified atom stereocenters. The molecule has 2 bridgehead atoms. The quantitative estimate of drug-likeness (QED) is 0.516. The number of fused-ring (bicyclic) bond motifs is 2. The van der Waals surface area contributed by atoms with Crippen LogP contribution < -0.4 is 9.47 Å². The molecule has 182 valence electrons. The second kappa shape index (κ2) is 6.81. The molecule has 1 spiro atoms. The lowest BCUT2D eigenvalue weighted by molar-refractivity contribution is -0.137. The number of rotatable bonds is 2. The predicted octanol–water partition coefficient (Wildman–Crippen LogP) is 5.01. The van der Waals surface area contributed by atoms with Gasteiger partial charge in [-0.15, -0.1) is 0 Å². The molecule has 0 saturated carbocycles. The molecule has 2 aliphatic carbocycles. The molecule has 1 fully saturated rings. The van der Waals surface area contributed by atoms with Gasteiger partial charge in [-0.1, -0.05) is 6.07 Å². The van der Waals surface area contributed by atoms with E-state index >= 15 is 0 Å². The zero-order valence-electron chi connectivity index (χ0n) is 19.8. The largest absolute Gasteiger partial charge is 0.493 e. The van der Waals surface area contributed by atoms with Crippen LogP contribution in [0, 0.1) is 12.8 Å². The SMILES string of the molecule is COc1ccc2c3c1O[C@H]1c4nn(-c5ccc(C(F)(F)F)cc5)c(C)c4C[C@H]4[C@@H](C2)N(C)CC[C@]314. The number of aromatic nitrogens is 2. The number of ether oxygens (including phenoxy) is 2. The molecule has 1 saturated heterocycles. The van der Waals surface area contributed by atoms with Gasteiger partial charge in [-0.05, 0) is 81.6 Å². The number of nitrogens with zero attached hydrogens (tertiary/aromatic N) is 3. The van der Waals surface area contributed by atoms with Gasteiger partial charge in [-0.2, -0.15) is 18.3 Å². The molecule has 2 aromatic carbocycles. The van der Waals surface area contributed by atoms with E-state index in [2.05, 4.69) is 18.0 Å². The van der Waals surface area contributed by atoms with Crippen molar-refractivity contribution in [2.45, 2.75) is 49.9 Å². The van der Waals surface area contributed by atoms with Crippen LogP contribution in [0.1, 0.15) is 46.2 Å². The Morgan fingerprint density at radius 1 is 1.11 bits per heavy atom. The van der Waals surface area contributed by atoms with Crippen LogP contribution in [0.25, 0.3) is 5.69 Å². The van der Waals surface area contributed by atoms with E-state index in [0.717, 1.165) is 66.4 Å². The molecular weight excluding hydrogens is 455 g/mol. The van der Waals surface area contributed by atoms with E-state index in [1.54, 1.807) is 11.8 Å². The molecule has 0 amide bonds. The van der Waals surface area contributed by atoms with Gasteiger partial charge in [-0.3, -0.25) is 0 Å². The van der Waals surface area contributed by atoms with Crippen LogP contribution >= 0.6 is 0 Å². The third-order valence-electron chi connectivity index (χ3n) is 8.98. The number of halogens is 3. The number of alkyl halides is 3. The summed E-state index contributed by atoms with van der Waals surface area (Å²) in [5.41, 5.74) is 5.47. The molecule has 2 aliphatic heterocycles. The Balaban J connectivity index is 1.41. The minimum atomic E-state index is -4.37. The van der Waals surface area contributed by atoms with Gasteiger partial charge in [0.15, 0.2) is 17.6 Å². The summed E-state index contributed by atoms with van der Waals surface area (Å²) >= 11 is 0. The lowest BCUT2D eigenvalue weighted by Crippen LogP contribution is -2.62. The summed E-state index contributed by atoms with van der Waals surface area (Å²) < 4.78 is 53.6. The van der Waals surface area contributed by atoms with Gasteiger partial charge in [0.25, 0.3) is 0 Å². The highest BCUT2D eigenvalue weighted by Crippen LogP contribution is 2.67. The first-order chi connectivity index (χ1) is 16.7. The van der Waals surface area contributed by atoms with E-state index in [0.29, 0.717) is 17.6 Å². The van der Waals surface area contributed by atoms with E-state index in [9.17, 15) is 13.2 Å².